The molecule has 0 saturated carbocycles. The number of thioether (sulfide) groups is 1. The van der Waals surface area contributed by atoms with Crippen LogP contribution in [-0.4, -0.2) is 11.2 Å². The number of hydrogen-bond donors (Lipinski definition) is 2. The van der Waals surface area contributed by atoms with Crippen LogP contribution in [0.3, 0.4) is 0 Å². The summed E-state index contributed by atoms with van der Waals surface area (Å²) >= 11 is 8.41. The zero-order valence-corrected chi connectivity index (χ0v) is 14.9. The summed E-state index contributed by atoms with van der Waals surface area (Å²) < 4.78 is 1.63. The summed E-state index contributed by atoms with van der Waals surface area (Å²) in [5, 5.41) is 2.82. The number of nitrogens with two attached hydrogens (primary N) is 1. The van der Waals surface area contributed by atoms with Crippen molar-refractivity contribution in [2.75, 3.05) is 11.1 Å². The number of carbonyl (C=O) groups is 1. The van der Waals surface area contributed by atoms with Crippen LogP contribution in [0, 0.1) is 0 Å². The van der Waals surface area contributed by atoms with Gasteiger partial charge in [0.1, 0.15) is 0 Å². The number of hydrogen-bond acceptors (Lipinski definition) is 3. The van der Waals surface area contributed by atoms with Gasteiger partial charge in [0.05, 0.1) is 16.6 Å². The van der Waals surface area contributed by atoms with Gasteiger partial charge in [-0.15, -0.1) is 11.8 Å². The lowest BCUT2D eigenvalue weighted by molar-refractivity contribution is -0.115. The Hall–Kier alpha value is -0.980. The van der Waals surface area contributed by atoms with Gasteiger partial charge in [-0.1, -0.05) is 34.1 Å². The molecule has 0 aliphatic carbocycles. The van der Waals surface area contributed by atoms with E-state index in [9.17, 15) is 4.79 Å². The van der Waals surface area contributed by atoms with Gasteiger partial charge in [0.25, 0.3) is 0 Å². The Morgan fingerprint density at radius 2 is 2.05 bits per heavy atom. The van der Waals surface area contributed by atoms with E-state index in [4.69, 9.17) is 5.73 Å². The van der Waals surface area contributed by atoms with E-state index in [1.54, 1.807) is 17.8 Å². The van der Waals surface area contributed by atoms with E-state index in [0.29, 0.717) is 11.4 Å². The number of nitrogen functional groups attached to an aromatic ring is 1. The molecule has 2 aromatic carbocycles. The normalized spacial score (nSPS) is 16.6. The van der Waals surface area contributed by atoms with Crippen molar-refractivity contribution in [1.82, 2.24) is 0 Å². The average Bonchev–Trinajstić information content (AvgIpc) is 2.86. The maximum Gasteiger partial charge on any atom is 0.238 e. The Labute approximate surface area is 143 Å². The molecule has 0 bridgehead atoms. The molecule has 1 atom stereocenters. The summed E-state index contributed by atoms with van der Waals surface area (Å²) in [5.74, 6) is -0.0223. The number of amides is 1. The first-order chi connectivity index (χ1) is 10.0. The van der Waals surface area contributed by atoms with Crippen LogP contribution in [0.2, 0.25) is 0 Å². The molecule has 6 heteroatoms. The second-order valence-electron chi connectivity index (χ2n) is 4.76. The van der Waals surface area contributed by atoms with Crippen molar-refractivity contribution in [3.8, 4) is 0 Å². The van der Waals surface area contributed by atoms with Gasteiger partial charge in [-0.2, -0.15) is 0 Å². The van der Waals surface area contributed by atoms with Gasteiger partial charge in [-0.25, -0.2) is 0 Å². The van der Waals surface area contributed by atoms with Crippen molar-refractivity contribution < 1.29 is 4.79 Å². The van der Waals surface area contributed by atoms with Crippen molar-refractivity contribution in [3.63, 3.8) is 0 Å². The van der Waals surface area contributed by atoms with E-state index in [2.05, 4.69) is 49.3 Å². The second-order valence-corrected chi connectivity index (χ2v) is 7.77. The molecule has 2 aromatic rings. The Morgan fingerprint density at radius 3 is 2.76 bits per heavy atom. The monoisotopic (exact) mass is 426 g/mol. The van der Waals surface area contributed by atoms with Crippen LogP contribution in [0.1, 0.15) is 5.56 Å². The fourth-order valence-corrected chi connectivity index (χ4v) is 4.81. The molecule has 1 heterocycles. The van der Waals surface area contributed by atoms with Crippen LogP contribution in [0.15, 0.2) is 50.2 Å². The Kier molecular flexibility index (Phi) is 4.28. The van der Waals surface area contributed by atoms with E-state index in [1.165, 1.54) is 10.5 Å². The minimum Gasteiger partial charge on any atom is -0.397 e. The summed E-state index contributed by atoms with van der Waals surface area (Å²) in [6, 6.07) is 11.8. The van der Waals surface area contributed by atoms with Crippen molar-refractivity contribution in [1.29, 1.82) is 0 Å². The highest BCUT2D eigenvalue weighted by Gasteiger charge is 2.28. The molecule has 1 aliphatic rings. The van der Waals surface area contributed by atoms with Gasteiger partial charge < -0.3 is 11.1 Å². The molecular weight excluding hydrogens is 416 g/mol. The minimum absolute atomic E-state index is 0.0223. The van der Waals surface area contributed by atoms with E-state index in [0.717, 1.165) is 15.4 Å². The summed E-state index contributed by atoms with van der Waals surface area (Å²) in [5.41, 5.74) is 8.36. The van der Waals surface area contributed by atoms with Gasteiger partial charge in [0, 0.05) is 13.8 Å². The van der Waals surface area contributed by atoms with E-state index >= 15 is 0 Å². The number of fused-ring (bicyclic) bond motifs is 1. The third-order valence-corrected chi connectivity index (χ3v) is 5.67. The number of anilines is 2. The minimum atomic E-state index is -0.114. The summed E-state index contributed by atoms with van der Waals surface area (Å²) in [4.78, 5) is 13.6. The molecule has 0 saturated heterocycles. The number of halogens is 2. The zero-order chi connectivity index (χ0) is 15.0. The van der Waals surface area contributed by atoms with Crippen LogP contribution >= 0.6 is 43.6 Å². The molecule has 0 spiro atoms. The number of benzene rings is 2. The largest absolute Gasteiger partial charge is 0.397 e. The smallest absolute Gasteiger partial charge is 0.238 e. The standard InChI is InChI=1S/C15H12Br2N2OS/c16-9-6-10(17)14(11(18)7-9)19-15(20)13-5-8-3-1-2-4-12(8)21-13/h1-4,6-7,13H,5,18H2,(H,19,20). The van der Waals surface area contributed by atoms with Crippen molar-refractivity contribution in [2.45, 2.75) is 16.6 Å². The zero-order valence-electron chi connectivity index (χ0n) is 10.9. The SMILES string of the molecule is Nc1cc(Br)cc(Br)c1NC(=O)C1Cc2ccccc2S1. The van der Waals surface area contributed by atoms with E-state index in [-0.39, 0.29) is 11.2 Å². The molecular formula is C15H12Br2N2OS. The third-order valence-electron chi connectivity index (χ3n) is 3.27. The van der Waals surface area contributed by atoms with Gasteiger partial charge in [0.2, 0.25) is 5.91 Å². The second kappa shape index (κ2) is 6.02. The topological polar surface area (TPSA) is 55.1 Å². The lowest BCUT2D eigenvalue weighted by atomic mass is 10.1. The lowest BCUT2D eigenvalue weighted by Crippen LogP contribution is -2.25. The van der Waals surface area contributed by atoms with Crippen molar-refractivity contribution in [3.05, 3.63) is 50.9 Å². The molecule has 1 unspecified atom stereocenters. The van der Waals surface area contributed by atoms with Gasteiger partial charge in [-0.05, 0) is 46.1 Å². The average molecular weight is 428 g/mol. The first-order valence-electron chi connectivity index (χ1n) is 6.34. The number of nitrogens with one attached hydrogen (secondary N) is 1. The first-order valence-corrected chi connectivity index (χ1v) is 8.81. The molecule has 21 heavy (non-hydrogen) atoms. The fourth-order valence-electron chi connectivity index (χ4n) is 2.26. The van der Waals surface area contributed by atoms with Crippen LogP contribution in [-0.2, 0) is 11.2 Å². The highest BCUT2D eigenvalue weighted by Crippen LogP contribution is 2.38. The Bertz CT molecular complexity index is 673. The molecule has 108 valence electrons. The predicted molar refractivity (Wildman–Crippen MR) is 94.7 cm³/mol. The lowest BCUT2D eigenvalue weighted by Gasteiger charge is -2.14. The highest BCUT2D eigenvalue weighted by molar-refractivity contribution is 9.11. The maximum absolute atomic E-state index is 12.5. The Morgan fingerprint density at radius 1 is 1.29 bits per heavy atom. The molecule has 3 rings (SSSR count). The molecule has 3 nitrogen and oxygen atoms in total. The van der Waals surface area contributed by atoms with E-state index in [1.807, 2.05) is 18.2 Å². The van der Waals surface area contributed by atoms with Crippen molar-refractivity contribution >= 4 is 60.9 Å². The number of carbonyl (C=O) groups excluding carboxylic acids is 1. The quantitative estimate of drug-likeness (QED) is 0.696. The fraction of sp³-hybridized carbons (Fsp3) is 0.133. The summed E-state index contributed by atoms with van der Waals surface area (Å²) in [6.07, 6.45) is 0.751. The van der Waals surface area contributed by atoms with Gasteiger partial charge in [-0.3, -0.25) is 4.79 Å². The van der Waals surface area contributed by atoms with Crippen molar-refractivity contribution in [2.24, 2.45) is 0 Å². The van der Waals surface area contributed by atoms with E-state index < -0.39 is 0 Å². The van der Waals surface area contributed by atoms with Gasteiger partial charge >= 0.3 is 0 Å². The van der Waals surface area contributed by atoms with Gasteiger partial charge in [0.15, 0.2) is 0 Å². The molecule has 0 fully saturated rings. The first kappa shape index (κ1) is 14.9. The van der Waals surface area contributed by atoms with Crippen LogP contribution in [0.25, 0.3) is 0 Å². The number of rotatable bonds is 2. The molecule has 0 radical (unpaired) electrons. The maximum atomic E-state index is 12.5. The summed E-state index contributed by atoms with van der Waals surface area (Å²) in [7, 11) is 0. The molecule has 1 amide bonds. The Balaban J connectivity index is 1.77. The van der Waals surface area contributed by atoms with Crippen LogP contribution in [0.5, 0.6) is 0 Å². The summed E-state index contributed by atoms with van der Waals surface area (Å²) in [6.45, 7) is 0. The molecule has 1 aliphatic heterocycles. The predicted octanol–water partition coefficient (Wildman–Crippen LogP) is 4.45. The molecule has 3 N–H and O–H groups in total. The highest BCUT2D eigenvalue weighted by atomic mass is 79.9. The van der Waals surface area contributed by atoms with Crippen LogP contribution < -0.4 is 11.1 Å². The molecule has 0 aromatic heterocycles. The third kappa shape index (κ3) is 3.12. The van der Waals surface area contributed by atoms with Crippen LogP contribution in [0.4, 0.5) is 11.4 Å².